The number of rotatable bonds is 4. The monoisotopic (exact) mass is 316 g/mol. The number of anilines is 1. The minimum Gasteiger partial charge on any atom is -0.490 e. The molecule has 0 saturated heterocycles. The normalized spacial score (nSPS) is 9.67. The maximum atomic E-state index is 8.74. The van der Waals surface area contributed by atoms with Gasteiger partial charge >= 0.3 is 0 Å². The highest BCUT2D eigenvalue weighted by atomic mass is 127. The molecule has 0 fully saturated rings. The molecule has 0 aliphatic rings. The van der Waals surface area contributed by atoms with Gasteiger partial charge in [-0.05, 0) is 41.1 Å². The number of benzene rings is 1. The van der Waals surface area contributed by atoms with Gasteiger partial charge in [-0.1, -0.05) is 13.3 Å². The van der Waals surface area contributed by atoms with E-state index in [4.69, 9.17) is 15.7 Å². The molecule has 4 heteroatoms. The highest BCUT2D eigenvalue weighted by Gasteiger charge is 2.07. The third-order valence-corrected chi connectivity index (χ3v) is 2.75. The lowest BCUT2D eigenvalue weighted by molar-refractivity contribution is 0.309. The third kappa shape index (κ3) is 3.27. The van der Waals surface area contributed by atoms with Crippen molar-refractivity contribution in [3.05, 3.63) is 21.3 Å². The van der Waals surface area contributed by atoms with Gasteiger partial charge in [-0.3, -0.25) is 0 Å². The van der Waals surface area contributed by atoms with E-state index in [-0.39, 0.29) is 0 Å². The van der Waals surface area contributed by atoms with Crippen LogP contribution in [0.2, 0.25) is 0 Å². The van der Waals surface area contributed by atoms with Crippen molar-refractivity contribution < 1.29 is 4.74 Å². The summed E-state index contributed by atoms with van der Waals surface area (Å²) in [4.78, 5) is 0. The fourth-order valence-corrected chi connectivity index (χ4v) is 1.95. The number of nitrogens with two attached hydrogens (primary N) is 1. The molecule has 1 aromatic carbocycles. The Kier molecular flexibility index (Phi) is 4.69. The molecule has 0 unspecified atom stereocenters. The van der Waals surface area contributed by atoms with Crippen molar-refractivity contribution in [3.63, 3.8) is 0 Å². The second-order valence-electron chi connectivity index (χ2n) is 3.19. The van der Waals surface area contributed by atoms with Gasteiger partial charge in [0.05, 0.1) is 27.5 Å². The molecule has 1 rings (SSSR count). The lowest BCUT2D eigenvalue weighted by atomic mass is 10.2. The Morgan fingerprint density at radius 1 is 1.53 bits per heavy atom. The van der Waals surface area contributed by atoms with Gasteiger partial charge in [-0.25, -0.2) is 0 Å². The summed E-state index contributed by atoms with van der Waals surface area (Å²) in [6.45, 7) is 2.78. The van der Waals surface area contributed by atoms with Crippen LogP contribution in [0.5, 0.6) is 5.75 Å². The molecule has 0 aromatic heterocycles. The summed E-state index contributed by atoms with van der Waals surface area (Å²) < 4.78 is 6.45. The van der Waals surface area contributed by atoms with Gasteiger partial charge in [0.1, 0.15) is 0 Å². The summed E-state index contributed by atoms with van der Waals surface area (Å²) in [5.41, 5.74) is 6.90. The highest BCUT2D eigenvalue weighted by Crippen LogP contribution is 2.29. The van der Waals surface area contributed by atoms with Crippen molar-refractivity contribution in [2.45, 2.75) is 19.8 Å². The average molecular weight is 316 g/mol. The molecule has 0 radical (unpaired) electrons. The van der Waals surface area contributed by atoms with Crippen LogP contribution >= 0.6 is 22.6 Å². The molecular formula is C11H13IN2O. The van der Waals surface area contributed by atoms with Gasteiger partial charge in [0, 0.05) is 0 Å². The summed E-state index contributed by atoms with van der Waals surface area (Å²) in [7, 11) is 0. The van der Waals surface area contributed by atoms with E-state index in [1.54, 1.807) is 12.1 Å². The Labute approximate surface area is 103 Å². The quantitative estimate of drug-likeness (QED) is 0.528. The number of ether oxygens (including phenoxy) is 1. The number of nitrogens with zero attached hydrogens (tertiary/aromatic N) is 1. The summed E-state index contributed by atoms with van der Waals surface area (Å²) in [5.74, 6) is 0.697. The zero-order chi connectivity index (χ0) is 11.3. The van der Waals surface area contributed by atoms with Gasteiger partial charge in [0.15, 0.2) is 5.75 Å². The summed E-state index contributed by atoms with van der Waals surface area (Å²) >= 11 is 2.13. The molecule has 0 atom stereocenters. The first-order valence-electron chi connectivity index (χ1n) is 4.81. The predicted molar refractivity (Wildman–Crippen MR) is 68.7 cm³/mol. The Hall–Kier alpha value is -0.960. The van der Waals surface area contributed by atoms with Gasteiger partial charge in [-0.15, -0.1) is 0 Å². The Morgan fingerprint density at radius 2 is 2.27 bits per heavy atom. The zero-order valence-electron chi connectivity index (χ0n) is 8.59. The number of hydrogen-bond donors (Lipinski definition) is 1. The zero-order valence-corrected chi connectivity index (χ0v) is 10.7. The lowest BCUT2D eigenvalue weighted by Gasteiger charge is -2.10. The molecule has 15 heavy (non-hydrogen) atoms. The molecule has 0 aliphatic heterocycles. The van der Waals surface area contributed by atoms with Crippen LogP contribution in [0.25, 0.3) is 0 Å². The fraction of sp³-hybridized carbons (Fsp3) is 0.364. The van der Waals surface area contributed by atoms with E-state index < -0.39 is 0 Å². The highest BCUT2D eigenvalue weighted by molar-refractivity contribution is 14.1. The van der Waals surface area contributed by atoms with E-state index in [2.05, 4.69) is 35.6 Å². The summed E-state index contributed by atoms with van der Waals surface area (Å²) in [6.07, 6.45) is 2.10. The second-order valence-corrected chi connectivity index (χ2v) is 4.35. The van der Waals surface area contributed by atoms with Crippen LogP contribution in [0.15, 0.2) is 12.1 Å². The molecule has 0 spiro atoms. The van der Waals surface area contributed by atoms with Crippen LogP contribution in [-0.2, 0) is 0 Å². The maximum absolute atomic E-state index is 8.74. The lowest BCUT2D eigenvalue weighted by Crippen LogP contribution is -2.02. The SMILES string of the molecule is CCCCOc1c(N)cc(C#N)cc1I. The van der Waals surface area contributed by atoms with E-state index in [9.17, 15) is 0 Å². The van der Waals surface area contributed by atoms with Crippen molar-refractivity contribution in [1.82, 2.24) is 0 Å². The first-order chi connectivity index (χ1) is 7.19. The van der Waals surface area contributed by atoms with Crippen molar-refractivity contribution in [2.24, 2.45) is 0 Å². The van der Waals surface area contributed by atoms with Crippen LogP contribution in [-0.4, -0.2) is 6.61 Å². The van der Waals surface area contributed by atoms with Crippen LogP contribution in [0.1, 0.15) is 25.3 Å². The van der Waals surface area contributed by atoms with Crippen molar-refractivity contribution >= 4 is 28.3 Å². The molecule has 80 valence electrons. The van der Waals surface area contributed by atoms with E-state index in [0.29, 0.717) is 23.6 Å². The molecular weight excluding hydrogens is 303 g/mol. The first kappa shape index (κ1) is 12.1. The molecule has 3 nitrogen and oxygen atoms in total. The molecule has 0 aliphatic carbocycles. The van der Waals surface area contributed by atoms with E-state index in [0.717, 1.165) is 16.4 Å². The maximum Gasteiger partial charge on any atom is 0.155 e. The van der Waals surface area contributed by atoms with Crippen LogP contribution in [0.3, 0.4) is 0 Å². The standard InChI is InChI=1S/C11H13IN2O/c1-2-3-4-15-11-9(12)5-8(7-13)6-10(11)14/h5-6H,2-4,14H2,1H3. The number of nitriles is 1. The van der Waals surface area contributed by atoms with Crippen molar-refractivity contribution in [1.29, 1.82) is 5.26 Å². The Bertz CT molecular complexity index is 362. The number of halogens is 1. The average Bonchev–Trinajstić information content (AvgIpc) is 2.22. The number of hydrogen-bond acceptors (Lipinski definition) is 3. The van der Waals surface area contributed by atoms with Crippen molar-refractivity contribution in [2.75, 3.05) is 12.3 Å². The number of nitrogen functional groups attached to an aromatic ring is 1. The van der Waals surface area contributed by atoms with Gasteiger partial charge in [-0.2, -0.15) is 5.26 Å². The summed E-state index contributed by atoms with van der Waals surface area (Å²) in [5, 5.41) is 8.74. The Balaban J connectivity index is 2.85. The van der Waals surface area contributed by atoms with Gasteiger partial charge < -0.3 is 10.5 Å². The predicted octanol–water partition coefficient (Wildman–Crippen LogP) is 2.92. The fourth-order valence-electron chi connectivity index (χ4n) is 1.15. The largest absolute Gasteiger partial charge is 0.490 e. The topological polar surface area (TPSA) is 59.0 Å². The van der Waals surface area contributed by atoms with E-state index in [1.807, 2.05) is 0 Å². The molecule has 0 amide bonds. The molecule has 2 N–H and O–H groups in total. The van der Waals surface area contributed by atoms with E-state index >= 15 is 0 Å². The van der Waals surface area contributed by atoms with Crippen molar-refractivity contribution in [3.8, 4) is 11.8 Å². The Morgan fingerprint density at radius 3 is 2.80 bits per heavy atom. The van der Waals surface area contributed by atoms with Crippen LogP contribution in [0.4, 0.5) is 5.69 Å². The second kappa shape index (κ2) is 5.81. The smallest absolute Gasteiger partial charge is 0.155 e. The van der Waals surface area contributed by atoms with Crippen LogP contribution in [0, 0.1) is 14.9 Å². The summed E-state index contributed by atoms with van der Waals surface area (Å²) in [6, 6.07) is 5.48. The molecule has 1 aromatic rings. The third-order valence-electron chi connectivity index (χ3n) is 1.95. The molecule has 0 bridgehead atoms. The first-order valence-corrected chi connectivity index (χ1v) is 5.88. The van der Waals surface area contributed by atoms with Gasteiger partial charge in [0.2, 0.25) is 0 Å². The molecule has 0 heterocycles. The van der Waals surface area contributed by atoms with Crippen LogP contribution < -0.4 is 10.5 Å². The minimum absolute atomic E-state index is 0.537. The minimum atomic E-state index is 0.537. The number of unbranched alkanes of at least 4 members (excludes halogenated alkanes) is 1. The van der Waals surface area contributed by atoms with Gasteiger partial charge in [0.25, 0.3) is 0 Å². The van der Waals surface area contributed by atoms with E-state index in [1.165, 1.54) is 0 Å². The molecule has 0 saturated carbocycles.